The molecule has 4 aromatic rings. The van der Waals surface area contributed by atoms with Gasteiger partial charge in [-0.2, -0.15) is 0 Å². The van der Waals surface area contributed by atoms with Crippen LogP contribution in [0.15, 0.2) is 82.5 Å². The van der Waals surface area contributed by atoms with Crippen molar-refractivity contribution in [2.45, 2.75) is 26.8 Å². The molecule has 1 atom stereocenters. The van der Waals surface area contributed by atoms with E-state index < -0.39 is 23.5 Å². The Balaban J connectivity index is 1.64. The zero-order chi connectivity index (χ0) is 27.8. The van der Waals surface area contributed by atoms with Crippen LogP contribution in [0.2, 0.25) is 5.02 Å². The SMILES string of the molecule is CCN(CC)c1ccc(C2C(C(=O)c3cc4cc(Cl)cc(OC)c4o3)=C(O)C(=O)N2c2cccc(C)c2)cc1. The molecule has 1 aliphatic rings. The molecule has 1 aliphatic heterocycles. The van der Waals surface area contributed by atoms with Crippen molar-refractivity contribution in [1.82, 2.24) is 0 Å². The number of benzene rings is 3. The Morgan fingerprint density at radius 3 is 2.44 bits per heavy atom. The van der Waals surface area contributed by atoms with E-state index in [0.29, 0.717) is 33.0 Å². The lowest BCUT2D eigenvalue weighted by atomic mass is 9.94. The minimum absolute atomic E-state index is 0.0317. The molecule has 2 heterocycles. The Labute approximate surface area is 231 Å². The molecule has 0 saturated carbocycles. The largest absolute Gasteiger partial charge is 0.503 e. The lowest BCUT2D eigenvalue weighted by Gasteiger charge is -2.28. The first-order chi connectivity index (χ1) is 18.8. The van der Waals surface area contributed by atoms with Crippen molar-refractivity contribution in [3.05, 3.63) is 100.0 Å². The summed E-state index contributed by atoms with van der Waals surface area (Å²) in [6.45, 7) is 7.78. The lowest BCUT2D eigenvalue weighted by Crippen LogP contribution is -2.31. The second-order valence-corrected chi connectivity index (χ2v) is 9.85. The highest BCUT2D eigenvalue weighted by Crippen LogP contribution is 2.43. The van der Waals surface area contributed by atoms with E-state index >= 15 is 0 Å². The van der Waals surface area contributed by atoms with Gasteiger partial charge < -0.3 is 19.2 Å². The van der Waals surface area contributed by atoms with E-state index in [2.05, 4.69) is 18.7 Å². The van der Waals surface area contributed by atoms with Gasteiger partial charge in [-0.15, -0.1) is 0 Å². The van der Waals surface area contributed by atoms with E-state index in [-0.39, 0.29) is 11.3 Å². The van der Waals surface area contributed by atoms with Crippen molar-refractivity contribution < 1.29 is 23.8 Å². The summed E-state index contributed by atoms with van der Waals surface area (Å²) in [5.74, 6) is -1.51. The van der Waals surface area contributed by atoms with Crippen LogP contribution in [0.5, 0.6) is 5.75 Å². The quantitative estimate of drug-likeness (QED) is 0.240. The number of fused-ring (bicyclic) bond motifs is 1. The average molecular weight is 545 g/mol. The number of ether oxygens (including phenoxy) is 1. The molecule has 7 nitrogen and oxygen atoms in total. The lowest BCUT2D eigenvalue weighted by molar-refractivity contribution is -0.117. The first kappa shape index (κ1) is 26.4. The van der Waals surface area contributed by atoms with E-state index in [4.69, 9.17) is 20.8 Å². The maximum atomic E-state index is 14.0. The average Bonchev–Trinajstić information content (AvgIpc) is 3.47. The molecule has 0 radical (unpaired) electrons. The molecule has 0 saturated heterocycles. The molecular weight excluding hydrogens is 516 g/mol. The standard InChI is InChI=1S/C31H29ClN2O5/c1-5-33(6-2)22-12-10-19(11-13-22)27-26(29(36)31(37)34(27)23-9-7-8-18(3)14-23)28(35)24-16-20-15-21(32)17-25(38-4)30(20)39-24/h7-17,27,36H,5-6H2,1-4H3. The second kappa shape index (κ2) is 10.5. The third kappa shape index (κ3) is 4.63. The Hall–Kier alpha value is -4.23. The van der Waals surface area contributed by atoms with Gasteiger partial charge in [-0.05, 0) is 68.3 Å². The van der Waals surface area contributed by atoms with Gasteiger partial charge in [0.15, 0.2) is 22.9 Å². The maximum absolute atomic E-state index is 14.0. The highest BCUT2D eigenvalue weighted by molar-refractivity contribution is 6.31. The van der Waals surface area contributed by atoms with E-state index in [1.807, 2.05) is 49.4 Å². The molecule has 39 heavy (non-hydrogen) atoms. The summed E-state index contributed by atoms with van der Waals surface area (Å²) in [5.41, 5.74) is 3.52. The molecule has 200 valence electrons. The number of Topliss-reactive ketones (excluding diaryl/α,β-unsaturated/α-hetero) is 1. The van der Waals surface area contributed by atoms with Gasteiger partial charge in [-0.3, -0.25) is 14.5 Å². The second-order valence-electron chi connectivity index (χ2n) is 9.41. The third-order valence-corrected chi connectivity index (χ3v) is 7.28. The fourth-order valence-electron chi connectivity index (χ4n) is 5.14. The smallest absolute Gasteiger partial charge is 0.294 e. The molecule has 1 N–H and O–H groups in total. The first-order valence-corrected chi connectivity index (χ1v) is 13.1. The molecule has 1 amide bonds. The molecule has 0 spiro atoms. The molecule has 1 aromatic heterocycles. The summed E-state index contributed by atoms with van der Waals surface area (Å²) >= 11 is 6.21. The summed E-state index contributed by atoms with van der Waals surface area (Å²) in [6.07, 6.45) is 0. The number of amides is 1. The van der Waals surface area contributed by atoms with Crippen molar-refractivity contribution in [3.63, 3.8) is 0 Å². The van der Waals surface area contributed by atoms with Crippen molar-refractivity contribution in [2.24, 2.45) is 0 Å². The van der Waals surface area contributed by atoms with Gasteiger partial charge in [-0.25, -0.2) is 0 Å². The zero-order valence-corrected chi connectivity index (χ0v) is 23.0. The molecule has 0 aliphatic carbocycles. The molecule has 0 fully saturated rings. The van der Waals surface area contributed by atoms with Gasteiger partial charge in [-0.1, -0.05) is 35.9 Å². The molecule has 0 bridgehead atoms. The number of nitrogens with zero attached hydrogens (tertiary/aromatic N) is 2. The van der Waals surface area contributed by atoms with Gasteiger partial charge in [0.25, 0.3) is 5.91 Å². The number of ketones is 1. The number of hydrogen-bond donors (Lipinski definition) is 1. The van der Waals surface area contributed by atoms with Gasteiger partial charge in [0.05, 0.1) is 18.7 Å². The normalized spacial score (nSPS) is 15.4. The molecule has 3 aromatic carbocycles. The molecule has 1 unspecified atom stereocenters. The van der Waals surface area contributed by atoms with Crippen LogP contribution in [0.4, 0.5) is 11.4 Å². The van der Waals surface area contributed by atoms with Crippen LogP contribution in [0.1, 0.15) is 41.6 Å². The number of anilines is 2. The van der Waals surface area contributed by atoms with E-state index in [1.54, 1.807) is 24.3 Å². The predicted octanol–water partition coefficient (Wildman–Crippen LogP) is 7.03. The van der Waals surface area contributed by atoms with E-state index in [1.165, 1.54) is 12.0 Å². The Morgan fingerprint density at radius 1 is 1.08 bits per heavy atom. The summed E-state index contributed by atoms with van der Waals surface area (Å²) in [7, 11) is 1.48. The summed E-state index contributed by atoms with van der Waals surface area (Å²) in [6, 6.07) is 19.1. The molecular formula is C31H29ClN2O5. The predicted molar refractivity (Wildman–Crippen MR) is 153 cm³/mol. The Morgan fingerprint density at radius 2 is 1.79 bits per heavy atom. The Bertz CT molecular complexity index is 1600. The van der Waals surface area contributed by atoms with Crippen LogP contribution < -0.4 is 14.5 Å². The maximum Gasteiger partial charge on any atom is 0.294 e. The number of aryl methyl sites for hydroxylation is 1. The minimum Gasteiger partial charge on any atom is -0.503 e. The number of aliphatic hydroxyl groups is 1. The fraction of sp³-hybridized carbons (Fsp3) is 0.226. The van der Waals surface area contributed by atoms with Gasteiger partial charge >= 0.3 is 0 Å². The highest BCUT2D eigenvalue weighted by Gasteiger charge is 2.45. The number of carbonyl (C=O) groups excluding carboxylic acids is 2. The van der Waals surface area contributed by atoms with Crippen LogP contribution in [-0.4, -0.2) is 37.0 Å². The van der Waals surface area contributed by atoms with Gasteiger partial charge in [0.1, 0.15) is 0 Å². The molecule has 5 rings (SSSR count). The van der Waals surface area contributed by atoms with Crippen molar-refractivity contribution in [2.75, 3.05) is 30.0 Å². The third-order valence-electron chi connectivity index (χ3n) is 7.06. The fourth-order valence-corrected chi connectivity index (χ4v) is 5.35. The number of halogens is 1. The summed E-state index contributed by atoms with van der Waals surface area (Å²) in [5, 5.41) is 12.1. The van der Waals surface area contributed by atoms with Crippen LogP contribution in [-0.2, 0) is 4.79 Å². The van der Waals surface area contributed by atoms with Crippen molar-refractivity contribution >= 4 is 45.6 Å². The highest BCUT2D eigenvalue weighted by atomic mass is 35.5. The summed E-state index contributed by atoms with van der Waals surface area (Å²) < 4.78 is 11.3. The van der Waals surface area contributed by atoms with Crippen molar-refractivity contribution in [3.8, 4) is 5.75 Å². The topological polar surface area (TPSA) is 83.2 Å². The van der Waals surface area contributed by atoms with Gasteiger partial charge in [0.2, 0.25) is 5.78 Å². The van der Waals surface area contributed by atoms with Crippen LogP contribution in [0.3, 0.4) is 0 Å². The van der Waals surface area contributed by atoms with Gasteiger partial charge in [0, 0.05) is 40.9 Å². The summed E-state index contributed by atoms with van der Waals surface area (Å²) in [4.78, 5) is 31.2. The number of methoxy groups -OCH3 is 1. The first-order valence-electron chi connectivity index (χ1n) is 12.8. The van der Waals surface area contributed by atoms with Crippen molar-refractivity contribution in [1.29, 1.82) is 0 Å². The Kier molecular flexibility index (Phi) is 7.10. The van der Waals surface area contributed by atoms with Crippen LogP contribution in [0.25, 0.3) is 11.0 Å². The number of furan rings is 1. The van der Waals surface area contributed by atoms with Crippen LogP contribution >= 0.6 is 11.6 Å². The number of aliphatic hydroxyl groups excluding tert-OH is 1. The van der Waals surface area contributed by atoms with E-state index in [0.717, 1.165) is 24.3 Å². The number of hydrogen-bond acceptors (Lipinski definition) is 6. The van der Waals surface area contributed by atoms with E-state index in [9.17, 15) is 14.7 Å². The monoisotopic (exact) mass is 544 g/mol. The number of rotatable bonds is 8. The molecule has 8 heteroatoms. The number of carbonyl (C=O) groups is 2. The minimum atomic E-state index is -0.865. The van der Waals surface area contributed by atoms with Crippen LogP contribution in [0, 0.1) is 6.92 Å². The zero-order valence-electron chi connectivity index (χ0n) is 22.2.